The number of Topliss-reactive ketones (excluding diaryl/α,β-unsaturated/α-hetero) is 1. The highest BCUT2D eigenvalue weighted by Crippen LogP contribution is 2.23. The highest BCUT2D eigenvalue weighted by molar-refractivity contribution is 5.87. The van der Waals surface area contributed by atoms with E-state index in [1.807, 2.05) is 0 Å². The first-order valence-corrected chi connectivity index (χ1v) is 8.47. The predicted molar refractivity (Wildman–Crippen MR) is 94.8 cm³/mol. The summed E-state index contributed by atoms with van der Waals surface area (Å²) in [6, 6.07) is 14.7. The fourth-order valence-electron chi connectivity index (χ4n) is 3.51. The number of benzene rings is 2. The molecule has 3 rings (SSSR count). The Morgan fingerprint density at radius 1 is 1.13 bits per heavy atom. The van der Waals surface area contributed by atoms with Crippen LogP contribution in [0.1, 0.15) is 47.6 Å². The summed E-state index contributed by atoms with van der Waals surface area (Å²) in [7, 11) is 0. The molecule has 1 unspecified atom stereocenters. The van der Waals surface area contributed by atoms with E-state index >= 15 is 0 Å². The van der Waals surface area contributed by atoms with Gasteiger partial charge >= 0.3 is 0 Å². The Bertz CT molecular complexity index is 718. The van der Waals surface area contributed by atoms with Crippen LogP contribution in [0.3, 0.4) is 0 Å². The minimum atomic E-state index is -0.0630. The highest BCUT2D eigenvalue weighted by Gasteiger charge is 2.24. The van der Waals surface area contributed by atoms with E-state index in [1.165, 1.54) is 27.8 Å². The van der Waals surface area contributed by atoms with Crippen LogP contribution in [-0.2, 0) is 24.2 Å². The summed E-state index contributed by atoms with van der Waals surface area (Å²) in [5, 5.41) is 3.40. The lowest BCUT2D eigenvalue weighted by molar-refractivity contribution is -0.120. The third-order valence-corrected chi connectivity index (χ3v) is 4.94. The summed E-state index contributed by atoms with van der Waals surface area (Å²) in [6.07, 6.45) is 1.32. The van der Waals surface area contributed by atoms with E-state index in [9.17, 15) is 4.79 Å². The van der Waals surface area contributed by atoms with Crippen molar-refractivity contribution in [3.63, 3.8) is 0 Å². The molecule has 1 heterocycles. The third-order valence-electron chi connectivity index (χ3n) is 4.94. The van der Waals surface area contributed by atoms with Gasteiger partial charge < -0.3 is 5.32 Å². The highest BCUT2D eigenvalue weighted by atomic mass is 16.1. The summed E-state index contributed by atoms with van der Waals surface area (Å²) in [5.74, 6) is 0.785. The number of nitrogens with one attached hydrogen (secondary N) is 1. The number of carbonyl (C=O) groups excluding carboxylic acids is 1. The van der Waals surface area contributed by atoms with Gasteiger partial charge in [0.1, 0.15) is 0 Å². The molecule has 1 aliphatic heterocycles. The van der Waals surface area contributed by atoms with Crippen molar-refractivity contribution in [1.29, 1.82) is 0 Å². The van der Waals surface area contributed by atoms with Crippen molar-refractivity contribution in [2.45, 2.75) is 52.1 Å². The maximum atomic E-state index is 12.7. The minimum Gasteiger partial charge on any atom is -0.303 e. The van der Waals surface area contributed by atoms with Crippen molar-refractivity contribution < 1.29 is 4.79 Å². The normalized spacial score (nSPS) is 17.1. The van der Waals surface area contributed by atoms with Gasteiger partial charge in [-0.15, -0.1) is 0 Å². The largest absolute Gasteiger partial charge is 0.303 e. The second-order valence-corrected chi connectivity index (χ2v) is 6.84. The predicted octanol–water partition coefficient (Wildman–Crippen LogP) is 3.94. The Kier molecular flexibility index (Phi) is 4.63. The number of rotatable bonds is 4. The summed E-state index contributed by atoms with van der Waals surface area (Å²) in [5.41, 5.74) is 6.40. The van der Waals surface area contributed by atoms with Crippen molar-refractivity contribution in [3.05, 3.63) is 70.3 Å². The van der Waals surface area contributed by atoms with Gasteiger partial charge in [0.2, 0.25) is 0 Å². The molecule has 2 heteroatoms. The van der Waals surface area contributed by atoms with Crippen molar-refractivity contribution >= 4 is 5.78 Å². The van der Waals surface area contributed by atoms with E-state index in [4.69, 9.17) is 0 Å². The molecule has 0 fully saturated rings. The fourth-order valence-corrected chi connectivity index (χ4v) is 3.51. The SMILES string of the molecule is Cc1c(CC(=O)C2Cc3ccccc3CN2)cccc1C(C)C. The van der Waals surface area contributed by atoms with Crippen molar-refractivity contribution in [1.82, 2.24) is 5.32 Å². The molecule has 2 aromatic carbocycles. The second kappa shape index (κ2) is 6.67. The summed E-state index contributed by atoms with van der Waals surface area (Å²) >= 11 is 0. The van der Waals surface area contributed by atoms with Gasteiger partial charge in [-0.25, -0.2) is 0 Å². The lowest BCUT2D eigenvalue weighted by Crippen LogP contribution is -2.42. The van der Waals surface area contributed by atoms with E-state index in [1.54, 1.807) is 0 Å². The second-order valence-electron chi connectivity index (χ2n) is 6.84. The Hall–Kier alpha value is -1.93. The van der Waals surface area contributed by atoms with Crippen LogP contribution in [0.2, 0.25) is 0 Å². The number of hydrogen-bond donors (Lipinski definition) is 1. The average Bonchev–Trinajstić information content (AvgIpc) is 2.56. The molecule has 0 saturated carbocycles. The van der Waals surface area contributed by atoms with E-state index in [0.29, 0.717) is 18.1 Å². The van der Waals surface area contributed by atoms with Crippen LogP contribution < -0.4 is 5.32 Å². The molecule has 0 aromatic heterocycles. The molecule has 0 spiro atoms. The number of carbonyl (C=O) groups is 1. The molecular weight excluding hydrogens is 282 g/mol. The summed E-state index contributed by atoms with van der Waals surface area (Å²) in [4.78, 5) is 12.7. The first kappa shape index (κ1) is 15.9. The zero-order chi connectivity index (χ0) is 16.4. The van der Waals surface area contributed by atoms with E-state index < -0.39 is 0 Å². The molecule has 23 heavy (non-hydrogen) atoms. The Labute approximate surface area is 138 Å². The topological polar surface area (TPSA) is 29.1 Å². The van der Waals surface area contributed by atoms with Crippen molar-refractivity contribution in [2.75, 3.05) is 0 Å². The van der Waals surface area contributed by atoms with Crippen LogP contribution in [0.5, 0.6) is 0 Å². The number of fused-ring (bicyclic) bond motifs is 1. The molecule has 0 bridgehead atoms. The molecule has 2 nitrogen and oxygen atoms in total. The maximum Gasteiger partial charge on any atom is 0.154 e. The van der Waals surface area contributed by atoms with E-state index in [0.717, 1.165) is 13.0 Å². The Balaban J connectivity index is 1.75. The minimum absolute atomic E-state index is 0.0630. The molecule has 2 aromatic rings. The lowest BCUT2D eigenvalue weighted by atomic mass is 9.88. The smallest absolute Gasteiger partial charge is 0.154 e. The van der Waals surface area contributed by atoms with E-state index in [2.05, 4.69) is 68.6 Å². The summed E-state index contributed by atoms with van der Waals surface area (Å²) in [6.45, 7) is 7.33. The van der Waals surface area contributed by atoms with Gasteiger partial charge in [-0.2, -0.15) is 0 Å². The number of hydrogen-bond acceptors (Lipinski definition) is 2. The van der Waals surface area contributed by atoms with Gasteiger partial charge in [0, 0.05) is 13.0 Å². The maximum absolute atomic E-state index is 12.7. The lowest BCUT2D eigenvalue weighted by Gasteiger charge is -2.25. The third kappa shape index (κ3) is 3.37. The van der Waals surface area contributed by atoms with Crippen LogP contribution in [0.15, 0.2) is 42.5 Å². The van der Waals surface area contributed by atoms with E-state index in [-0.39, 0.29) is 6.04 Å². The standard InChI is InChI=1S/C21H25NO/c1-14(2)19-10-6-9-16(15(19)3)12-21(23)20-11-17-7-4-5-8-18(17)13-22-20/h4-10,14,20,22H,11-13H2,1-3H3. The molecule has 1 atom stereocenters. The first-order chi connectivity index (χ1) is 11.1. The quantitative estimate of drug-likeness (QED) is 0.927. The van der Waals surface area contributed by atoms with Crippen molar-refractivity contribution in [2.24, 2.45) is 0 Å². The Morgan fingerprint density at radius 2 is 1.87 bits per heavy atom. The van der Waals surface area contributed by atoms with Crippen LogP contribution in [0.4, 0.5) is 0 Å². The van der Waals surface area contributed by atoms with Gasteiger partial charge in [-0.05, 0) is 47.1 Å². The number of ketones is 1. The average molecular weight is 307 g/mol. The zero-order valence-corrected chi connectivity index (χ0v) is 14.2. The van der Waals surface area contributed by atoms with Gasteiger partial charge in [-0.1, -0.05) is 56.3 Å². The molecule has 0 aliphatic carbocycles. The van der Waals surface area contributed by atoms with Crippen LogP contribution in [0.25, 0.3) is 0 Å². The van der Waals surface area contributed by atoms with Crippen molar-refractivity contribution in [3.8, 4) is 0 Å². The molecule has 0 saturated heterocycles. The fraction of sp³-hybridized carbons (Fsp3) is 0.381. The monoisotopic (exact) mass is 307 g/mol. The van der Waals surface area contributed by atoms with Crippen LogP contribution in [-0.4, -0.2) is 11.8 Å². The van der Waals surface area contributed by atoms with Gasteiger partial charge in [0.25, 0.3) is 0 Å². The molecule has 1 aliphatic rings. The molecule has 0 radical (unpaired) electrons. The van der Waals surface area contributed by atoms with Crippen LogP contribution in [0, 0.1) is 6.92 Å². The molecule has 120 valence electrons. The molecular formula is C21H25NO. The first-order valence-electron chi connectivity index (χ1n) is 8.47. The van der Waals surface area contributed by atoms with Crippen LogP contribution >= 0.6 is 0 Å². The summed E-state index contributed by atoms with van der Waals surface area (Å²) < 4.78 is 0. The molecule has 0 amide bonds. The van der Waals surface area contributed by atoms with Gasteiger partial charge in [-0.3, -0.25) is 4.79 Å². The zero-order valence-electron chi connectivity index (χ0n) is 14.2. The molecule has 1 N–H and O–H groups in total. The van der Waals surface area contributed by atoms with Gasteiger partial charge in [0.15, 0.2) is 5.78 Å². The van der Waals surface area contributed by atoms with Gasteiger partial charge in [0.05, 0.1) is 6.04 Å². The Morgan fingerprint density at radius 3 is 2.61 bits per heavy atom.